The average Bonchev–Trinajstić information content (AvgIpc) is 2.93. The third-order valence-electron chi connectivity index (χ3n) is 2.90. The number of hydrogen-bond donors (Lipinski definition) is 0. The Hall–Kier alpha value is -2.14. The van der Waals surface area contributed by atoms with Crippen LogP contribution in [0.2, 0.25) is 0 Å². The van der Waals surface area contributed by atoms with Crippen molar-refractivity contribution in [2.45, 2.75) is 25.7 Å². The van der Waals surface area contributed by atoms with Crippen LogP contribution in [-0.4, -0.2) is 28.7 Å². The van der Waals surface area contributed by atoms with E-state index in [4.69, 9.17) is 9.47 Å². The van der Waals surface area contributed by atoms with Gasteiger partial charge in [-0.1, -0.05) is 30.3 Å². The van der Waals surface area contributed by atoms with Crippen LogP contribution in [0.5, 0.6) is 0 Å². The molecule has 5 heteroatoms. The number of rotatable bonds is 6. The zero-order chi connectivity index (χ0) is 14.4. The van der Waals surface area contributed by atoms with Crippen molar-refractivity contribution in [3.8, 4) is 0 Å². The molecule has 0 aliphatic carbocycles. The van der Waals surface area contributed by atoms with Gasteiger partial charge in [0.1, 0.15) is 6.10 Å². The van der Waals surface area contributed by atoms with Crippen LogP contribution in [0.1, 0.15) is 18.6 Å². The highest BCUT2D eigenvalue weighted by Crippen LogP contribution is 2.18. The largest absolute Gasteiger partial charge is 0.459 e. The second-order valence-electron chi connectivity index (χ2n) is 4.53. The summed E-state index contributed by atoms with van der Waals surface area (Å²) in [4.78, 5) is 16.1. The Morgan fingerprint density at radius 2 is 2.10 bits per heavy atom. The Balaban J connectivity index is 1.95. The van der Waals surface area contributed by atoms with Gasteiger partial charge in [-0.15, -0.1) is 0 Å². The van der Waals surface area contributed by atoms with Crippen molar-refractivity contribution in [1.29, 1.82) is 0 Å². The summed E-state index contributed by atoms with van der Waals surface area (Å²) in [5.74, 6) is -0.383. The first-order valence-corrected chi connectivity index (χ1v) is 6.44. The van der Waals surface area contributed by atoms with Crippen molar-refractivity contribution < 1.29 is 14.3 Å². The minimum absolute atomic E-state index is 0.252. The van der Waals surface area contributed by atoms with Crippen molar-refractivity contribution in [2.75, 3.05) is 7.11 Å². The summed E-state index contributed by atoms with van der Waals surface area (Å²) >= 11 is 0. The summed E-state index contributed by atoms with van der Waals surface area (Å²) in [6, 6.07) is 9.31. The molecule has 2 aromatic rings. The van der Waals surface area contributed by atoms with Crippen molar-refractivity contribution >= 4 is 5.97 Å². The summed E-state index contributed by atoms with van der Waals surface area (Å²) in [5, 5.41) is 0. The Bertz CT molecular complexity index is 525. The molecule has 0 radical (unpaired) electrons. The molecule has 0 bridgehead atoms. The zero-order valence-corrected chi connectivity index (χ0v) is 11.6. The van der Waals surface area contributed by atoms with Gasteiger partial charge in [0.15, 0.2) is 6.10 Å². The van der Waals surface area contributed by atoms with Gasteiger partial charge in [-0.05, 0) is 12.5 Å². The van der Waals surface area contributed by atoms with Crippen molar-refractivity contribution in [2.24, 2.45) is 0 Å². The fourth-order valence-corrected chi connectivity index (χ4v) is 1.99. The van der Waals surface area contributed by atoms with Crippen LogP contribution < -0.4 is 0 Å². The Morgan fingerprint density at radius 1 is 1.35 bits per heavy atom. The number of benzene rings is 1. The number of methoxy groups -OCH3 is 1. The molecule has 0 fully saturated rings. The lowest BCUT2D eigenvalue weighted by molar-refractivity contribution is -0.161. The molecule has 2 rings (SSSR count). The molecule has 20 heavy (non-hydrogen) atoms. The standard InChI is InChI=1S/C15H18N2O3/c1-12(10-17-9-8-16-11-17)20-15(18)14(19-2)13-6-4-3-5-7-13/h3-9,11-12,14H,10H2,1-2H3/t12-,14+/m1/s1. The number of carbonyl (C=O) groups is 1. The van der Waals surface area contributed by atoms with Gasteiger partial charge in [-0.2, -0.15) is 0 Å². The van der Waals surface area contributed by atoms with Crippen LogP contribution in [0.25, 0.3) is 0 Å². The molecule has 0 amide bonds. The van der Waals surface area contributed by atoms with Gasteiger partial charge >= 0.3 is 5.97 Å². The van der Waals surface area contributed by atoms with E-state index >= 15 is 0 Å². The first-order chi connectivity index (χ1) is 9.70. The molecule has 0 spiro atoms. The van der Waals surface area contributed by atoms with E-state index < -0.39 is 6.10 Å². The van der Waals surface area contributed by atoms with E-state index in [1.165, 1.54) is 7.11 Å². The van der Waals surface area contributed by atoms with Crippen LogP contribution in [0.15, 0.2) is 49.1 Å². The quantitative estimate of drug-likeness (QED) is 0.758. The molecule has 2 atom stereocenters. The molecule has 0 saturated carbocycles. The number of imidazole rings is 1. The normalized spacial score (nSPS) is 13.7. The van der Waals surface area contributed by atoms with Crippen LogP contribution in [0.4, 0.5) is 0 Å². The van der Waals surface area contributed by atoms with Crippen molar-refractivity contribution in [3.63, 3.8) is 0 Å². The van der Waals surface area contributed by atoms with Gasteiger partial charge in [-0.3, -0.25) is 0 Å². The van der Waals surface area contributed by atoms with Crippen LogP contribution in [0.3, 0.4) is 0 Å². The molecule has 0 saturated heterocycles. The second kappa shape index (κ2) is 6.86. The summed E-state index contributed by atoms with van der Waals surface area (Å²) in [7, 11) is 1.50. The number of esters is 1. The monoisotopic (exact) mass is 274 g/mol. The fourth-order valence-electron chi connectivity index (χ4n) is 1.99. The molecule has 5 nitrogen and oxygen atoms in total. The van der Waals surface area contributed by atoms with Crippen molar-refractivity contribution in [1.82, 2.24) is 9.55 Å². The molecule has 0 unspecified atom stereocenters. The Morgan fingerprint density at radius 3 is 2.70 bits per heavy atom. The molecule has 1 aromatic carbocycles. The molecular formula is C15H18N2O3. The third kappa shape index (κ3) is 3.68. The van der Waals surface area contributed by atoms with Crippen LogP contribution >= 0.6 is 0 Å². The lowest BCUT2D eigenvalue weighted by atomic mass is 10.1. The molecule has 1 heterocycles. The number of aromatic nitrogens is 2. The summed E-state index contributed by atoms with van der Waals surface area (Å²) < 4.78 is 12.5. The van der Waals surface area contributed by atoms with Gasteiger partial charge in [0.25, 0.3) is 0 Å². The van der Waals surface area contributed by atoms with Crippen molar-refractivity contribution in [3.05, 3.63) is 54.6 Å². The lowest BCUT2D eigenvalue weighted by Crippen LogP contribution is -2.25. The van der Waals surface area contributed by atoms with Gasteiger partial charge in [-0.25, -0.2) is 9.78 Å². The minimum atomic E-state index is -0.693. The molecule has 0 N–H and O–H groups in total. The SMILES string of the molecule is CO[C@H](C(=O)O[C@H](C)Cn1ccnc1)c1ccccc1. The van der Waals surface area contributed by atoms with E-state index in [1.54, 1.807) is 12.5 Å². The summed E-state index contributed by atoms with van der Waals surface area (Å²) in [6.07, 6.45) is 4.26. The molecule has 0 aliphatic rings. The number of nitrogens with zero attached hydrogens (tertiary/aromatic N) is 2. The second-order valence-corrected chi connectivity index (χ2v) is 4.53. The van der Waals surface area contributed by atoms with Crippen LogP contribution in [-0.2, 0) is 20.8 Å². The highest BCUT2D eigenvalue weighted by molar-refractivity contribution is 5.76. The van der Waals surface area contributed by atoms with E-state index in [9.17, 15) is 4.79 Å². The van der Waals surface area contributed by atoms with Gasteiger partial charge < -0.3 is 14.0 Å². The predicted octanol–water partition coefficient (Wildman–Crippen LogP) is 2.20. The third-order valence-corrected chi connectivity index (χ3v) is 2.90. The molecule has 0 aliphatic heterocycles. The maximum absolute atomic E-state index is 12.1. The number of ether oxygens (including phenoxy) is 2. The Labute approximate surface area is 118 Å². The average molecular weight is 274 g/mol. The van der Waals surface area contributed by atoms with E-state index in [0.717, 1.165) is 5.56 Å². The highest BCUT2D eigenvalue weighted by Gasteiger charge is 2.23. The summed E-state index contributed by atoms with van der Waals surface area (Å²) in [6.45, 7) is 2.41. The van der Waals surface area contributed by atoms with Gasteiger partial charge in [0.05, 0.1) is 12.9 Å². The Kier molecular flexibility index (Phi) is 4.90. The minimum Gasteiger partial charge on any atom is -0.459 e. The predicted molar refractivity (Wildman–Crippen MR) is 74.0 cm³/mol. The smallest absolute Gasteiger partial charge is 0.340 e. The number of carbonyl (C=O) groups excluding carboxylic acids is 1. The van der Waals surface area contributed by atoms with E-state index in [0.29, 0.717) is 6.54 Å². The van der Waals surface area contributed by atoms with E-state index in [1.807, 2.05) is 48.0 Å². The summed E-state index contributed by atoms with van der Waals surface area (Å²) in [5.41, 5.74) is 0.787. The zero-order valence-electron chi connectivity index (χ0n) is 11.6. The van der Waals surface area contributed by atoms with Gasteiger partial charge in [0.2, 0.25) is 0 Å². The van der Waals surface area contributed by atoms with E-state index in [-0.39, 0.29) is 12.1 Å². The maximum Gasteiger partial charge on any atom is 0.340 e. The molecular weight excluding hydrogens is 256 g/mol. The van der Waals surface area contributed by atoms with Gasteiger partial charge in [0, 0.05) is 19.5 Å². The lowest BCUT2D eigenvalue weighted by Gasteiger charge is -2.19. The first-order valence-electron chi connectivity index (χ1n) is 6.44. The highest BCUT2D eigenvalue weighted by atomic mass is 16.6. The molecule has 1 aromatic heterocycles. The van der Waals surface area contributed by atoms with Crippen LogP contribution in [0, 0.1) is 0 Å². The van der Waals surface area contributed by atoms with E-state index in [2.05, 4.69) is 4.98 Å². The fraction of sp³-hybridized carbons (Fsp3) is 0.333. The topological polar surface area (TPSA) is 53.4 Å². The first kappa shape index (κ1) is 14.3. The maximum atomic E-state index is 12.1. The number of hydrogen-bond acceptors (Lipinski definition) is 4. The molecule has 106 valence electrons.